The zero-order chi connectivity index (χ0) is 6.95. The van der Waals surface area contributed by atoms with Gasteiger partial charge in [0.1, 0.15) is 0 Å². The Bertz CT molecular complexity index is 42.2. The largest absolute Gasteiger partial charge is 0.479 e. The minimum Gasteiger partial charge on any atom is -0.479 e. The van der Waals surface area contributed by atoms with Crippen LogP contribution in [0.4, 0.5) is 0 Å². The third kappa shape index (κ3) is 8.31. The number of rotatable bonds is 6. The summed E-state index contributed by atoms with van der Waals surface area (Å²) < 4.78 is 0. The van der Waals surface area contributed by atoms with Gasteiger partial charge in [-0.05, 0) is 17.9 Å². The lowest BCUT2D eigenvalue weighted by Crippen LogP contribution is -2.76. The Hall–Kier alpha value is 0.310. The lowest BCUT2D eigenvalue weighted by molar-refractivity contribution is -0.595. The number of hydrogen-bond donors (Lipinski definition) is 1. The first-order chi connectivity index (χ1) is 4.41. The molecule has 0 unspecified atom stereocenters. The monoisotopic (exact) mass is 147 g/mol. The van der Waals surface area contributed by atoms with E-state index >= 15 is 0 Å². The lowest BCUT2D eigenvalue weighted by Gasteiger charge is -1.98. The molecule has 0 aromatic heterocycles. The van der Waals surface area contributed by atoms with Gasteiger partial charge < -0.3 is 5.32 Å². The number of hydrogen-bond acceptors (Lipinski definition) is 1. The summed E-state index contributed by atoms with van der Waals surface area (Å²) in [5.41, 5.74) is 0. The number of thioether (sulfide) groups is 1. The second kappa shape index (κ2) is 8.31. The van der Waals surface area contributed by atoms with Gasteiger partial charge in [-0.25, -0.2) is 0 Å². The second-order valence-electron chi connectivity index (χ2n) is 2.04. The Balaban J connectivity index is 2.60. The third-order valence-corrected chi connectivity index (χ3v) is 2.32. The fourth-order valence-electron chi connectivity index (χ4n) is 0.576. The maximum atomic E-state index is 3.67. The molecule has 0 aliphatic carbocycles. The molecule has 0 spiro atoms. The minimum atomic E-state index is 1.18. The summed E-state index contributed by atoms with van der Waals surface area (Å²) >= 11 is 2.05. The molecule has 0 atom stereocenters. The molecular formula is C7H17NS. The summed E-state index contributed by atoms with van der Waals surface area (Å²) in [5, 5.41) is 1.99. The van der Waals surface area contributed by atoms with Crippen molar-refractivity contribution in [3.05, 3.63) is 7.05 Å². The highest BCUT2D eigenvalue weighted by Gasteiger charge is 1.85. The maximum Gasteiger partial charge on any atom is 0.0523 e. The van der Waals surface area contributed by atoms with E-state index in [4.69, 9.17) is 0 Å². The normalized spacial score (nSPS) is 10.0. The van der Waals surface area contributed by atoms with E-state index in [2.05, 4.69) is 14.0 Å². The van der Waals surface area contributed by atoms with Crippen molar-refractivity contribution in [3.8, 4) is 0 Å². The SMILES string of the molecule is [CH2-][NH2+]CCCSCCC. The fraction of sp³-hybridized carbons (Fsp3) is 0.857. The molecular weight excluding hydrogens is 130 g/mol. The first-order valence-electron chi connectivity index (χ1n) is 3.60. The Morgan fingerprint density at radius 3 is 2.78 bits per heavy atom. The standard InChI is InChI=1S/C7H17NS/c1-3-6-9-7-4-5-8-2/h2-8H2,1H3. The van der Waals surface area contributed by atoms with E-state index < -0.39 is 0 Å². The van der Waals surface area contributed by atoms with Gasteiger partial charge in [-0.15, -0.1) is 0 Å². The van der Waals surface area contributed by atoms with Crippen LogP contribution in [0.5, 0.6) is 0 Å². The molecule has 0 aromatic carbocycles. The van der Waals surface area contributed by atoms with Crippen molar-refractivity contribution in [2.75, 3.05) is 18.1 Å². The van der Waals surface area contributed by atoms with Crippen molar-refractivity contribution in [2.45, 2.75) is 19.8 Å². The summed E-state index contributed by atoms with van der Waals surface area (Å²) in [7, 11) is 3.67. The van der Waals surface area contributed by atoms with Crippen molar-refractivity contribution >= 4 is 11.8 Å². The maximum absolute atomic E-state index is 3.67. The molecule has 0 bridgehead atoms. The molecule has 56 valence electrons. The Labute approximate surface area is 62.6 Å². The van der Waals surface area contributed by atoms with Gasteiger partial charge in [0.2, 0.25) is 0 Å². The molecule has 0 rings (SSSR count). The van der Waals surface area contributed by atoms with Crippen LogP contribution in [0.15, 0.2) is 0 Å². The highest BCUT2D eigenvalue weighted by molar-refractivity contribution is 7.99. The minimum absolute atomic E-state index is 1.18. The van der Waals surface area contributed by atoms with Crippen LogP contribution < -0.4 is 5.32 Å². The molecule has 0 heterocycles. The Kier molecular flexibility index (Phi) is 8.60. The predicted molar refractivity (Wildman–Crippen MR) is 44.4 cm³/mol. The van der Waals surface area contributed by atoms with Crippen molar-refractivity contribution < 1.29 is 5.32 Å². The van der Waals surface area contributed by atoms with Crippen molar-refractivity contribution in [1.82, 2.24) is 0 Å². The molecule has 0 amide bonds. The van der Waals surface area contributed by atoms with Crippen molar-refractivity contribution in [3.63, 3.8) is 0 Å². The van der Waals surface area contributed by atoms with E-state index in [1.54, 1.807) is 0 Å². The van der Waals surface area contributed by atoms with Crippen LogP contribution >= 0.6 is 11.8 Å². The molecule has 0 radical (unpaired) electrons. The van der Waals surface area contributed by atoms with Gasteiger partial charge in [-0.2, -0.15) is 18.8 Å². The summed E-state index contributed by atoms with van der Waals surface area (Å²) in [6.45, 7) is 3.40. The Morgan fingerprint density at radius 1 is 1.44 bits per heavy atom. The van der Waals surface area contributed by atoms with Gasteiger partial charge in [-0.3, -0.25) is 0 Å². The van der Waals surface area contributed by atoms with Crippen LogP contribution in [0.3, 0.4) is 0 Å². The predicted octanol–water partition coefficient (Wildman–Crippen LogP) is 0.875. The molecule has 0 saturated carbocycles. The average Bonchev–Trinajstić information content (AvgIpc) is 1.89. The van der Waals surface area contributed by atoms with Crippen LogP contribution in [0, 0.1) is 7.05 Å². The van der Waals surface area contributed by atoms with Gasteiger partial charge in [0, 0.05) is 6.42 Å². The smallest absolute Gasteiger partial charge is 0.0523 e. The van der Waals surface area contributed by atoms with Crippen molar-refractivity contribution in [1.29, 1.82) is 0 Å². The van der Waals surface area contributed by atoms with E-state index in [0.717, 1.165) is 0 Å². The van der Waals surface area contributed by atoms with E-state index in [0.29, 0.717) is 0 Å². The van der Waals surface area contributed by atoms with E-state index in [1.807, 2.05) is 17.1 Å². The molecule has 0 saturated heterocycles. The number of nitrogens with two attached hydrogens (primary N) is 1. The topological polar surface area (TPSA) is 16.6 Å². The van der Waals surface area contributed by atoms with Gasteiger partial charge in [0.25, 0.3) is 0 Å². The highest BCUT2D eigenvalue weighted by Crippen LogP contribution is 2.01. The fourth-order valence-corrected chi connectivity index (χ4v) is 1.44. The van der Waals surface area contributed by atoms with E-state index in [9.17, 15) is 0 Å². The molecule has 2 heteroatoms. The van der Waals surface area contributed by atoms with Crippen molar-refractivity contribution in [2.24, 2.45) is 0 Å². The molecule has 1 nitrogen and oxygen atoms in total. The number of quaternary nitrogens is 1. The van der Waals surface area contributed by atoms with E-state index in [1.165, 1.54) is 30.9 Å². The van der Waals surface area contributed by atoms with Gasteiger partial charge in [-0.1, -0.05) is 6.92 Å². The molecule has 0 aromatic rings. The molecule has 0 aliphatic heterocycles. The highest BCUT2D eigenvalue weighted by atomic mass is 32.2. The zero-order valence-electron chi connectivity index (χ0n) is 6.23. The van der Waals surface area contributed by atoms with E-state index in [-0.39, 0.29) is 0 Å². The van der Waals surface area contributed by atoms with Crippen LogP contribution in [0.2, 0.25) is 0 Å². The quantitative estimate of drug-likeness (QED) is 0.436. The average molecular weight is 147 g/mol. The first-order valence-corrected chi connectivity index (χ1v) is 4.76. The molecule has 9 heavy (non-hydrogen) atoms. The first kappa shape index (κ1) is 9.31. The van der Waals surface area contributed by atoms with Gasteiger partial charge in [0.15, 0.2) is 0 Å². The zero-order valence-corrected chi connectivity index (χ0v) is 7.04. The molecule has 0 aliphatic rings. The van der Waals surface area contributed by atoms with Crippen LogP contribution in [-0.2, 0) is 0 Å². The summed E-state index contributed by atoms with van der Waals surface area (Å²) in [4.78, 5) is 0. The van der Waals surface area contributed by atoms with Crippen LogP contribution in [0.25, 0.3) is 0 Å². The Morgan fingerprint density at radius 2 is 2.22 bits per heavy atom. The molecule has 0 fully saturated rings. The van der Waals surface area contributed by atoms with Crippen LogP contribution in [-0.4, -0.2) is 18.1 Å². The summed E-state index contributed by atoms with van der Waals surface area (Å²) in [5.74, 6) is 2.62. The van der Waals surface area contributed by atoms with Gasteiger partial charge in [0.05, 0.1) is 6.54 Å². The van der Waals surface area contributed by atoms with Gasteiger partial charge >= 0.3 is 0 Å². The lowest BCUT2D eigenvalue weighted by atomic mass is 10.5. The molecule has 2 N–H and O–H groups in total. The second-order valence-corrected chi connectivity index (χ2v) is 3.27. The summed E-state index contributed by atoms with van der Waals surface area (Å²) in [6, 6.07) is 0. The summed E-state index contributed by atoms with van der Waals surface area (Å²) in [6.07, 6.45) is 2.60. The third-order valence-electron chi connectivity index (χ3n) is 1.05. The van der Waals surface area contributed by atoms with Crippen LogP contribution in [0.1, 0.15) is 19.8 Å².